The predicted molar refractivity (Wildman–Crippen MR) is 73.9 cm³/mol. The van der Waals surface area contributed by atoms with Crippen LogP contribution in [0.5, 0.6) is 0 Å². The molecule has 0 aliphatic carbocycles. The number of carbonyl (C=O) groups excluding carboxylic acids is 1. The van der Waals surface area contributed by atoms with Gasteiger partial charge in [0.15, 0.2) is 5.82 Å². The van der Waals surface area contributed by atoms with Crippen LogP contribution in [-0.2, 0) is 0 Å². The third-order valence-corrected chi connectivity index (χ3v) is 3.00. The highest BCUT2D eigenvalue weighted by Crippen LogP contribution is 2.21. The zero-order valence-electron chi connectivity index (χ0n) is 9.63. The first kappa shape index (κ1) is 11.9. The van der Waals surface area contributed by atoms with Gasteiger partial charge >= 0.3 is 0 Å². The monoisotopic (exact) mass is 317 g/mol. The van der Waals surface area contributed by atoms with Gasteiger partial charge < -0.3 is 9.73 Å². The summed E-state index contributed by atoms with van der Waals surface area (Å²) >= 11 is 3.18. The SMILES string of the molecule is O=C(Nc1cnc(Br)cn1)c1coc2ccccc12. The molecule has 0 spiro atoms. The first-order chi connectivity index (χ1) is 9.24. The number of nitrogens with one attached hydrogen (secondary N) is 1. The minimum atomic E-state index is -0.276. The van der Waals surface area contributed by atoms with Crippen molar-refractivity contribution in [3.63, 3.8) is 0 Å². The molecule has 1 N–H and O–H groups in total. The molecule has 0 saturated carbocycles. The lowest BCUT2D eigenvalue weighted by molar-refractivity contribution is 0.102. The number of halogens is 1. The molecule has 0 unspecified atom stereocenters. The van der Waals surface area contributed by atoms with Crippen molar-refractivity contribution in [1.29, 1.82) is 0 Å². The second kappa shape index (κ2) is 4.81. The summed E-state index contributed by atoms with van der Waals surface area (Å²) in [6.07, 6.45) is 4.43. The molecule has 3 rings (SSSR count). The molecule has 0 saturated heterocycles. The Morgan fingerprint density at radius 1 is 1.21 bits per heavy atom. The fourth-order valence-corrected chi connectivity index (χ4v) is 1.92. The number of hydrogen-bond donors (Lipinski definition) is 1. The fraction of sp³-hybridized carbons (Fsp3) is 0. The Kier molecular flexibility index (Phi) is 3.00. The van der Waals surface area contributed by atoms with Gasteiger partial charge in [-0.25, -0.2) is 9.97 Å². The normalized spacial score (nSPS) is 10.6. The van der Waals surface area contributed by atoms with Crippen LogP contribution in [0.2, 0.25) is 0 Å². The van der Waals surface area contributed by atoms with E-state index in [1.807, 2.05) is 24.3 Å². The fourth-order valence-electron chi connectivity index (χ4n) is 1.71. The summed E-state index contributed by atoms with van der Waals surface area (Å²) in [5.41, 5.74) is 1.15. The van der Waals surface area contributed by atoms with Crippen LogP contribution in [0.4, 0.5) is 5.82 Å². The van der Waals surface area contributed by atoms with Crippen molar-refractivity contribution in [2.75, 3.05) is 5.32 Å². The molecular weight excluding hydrogens is 310 g/mol. The third kappa shape index (κ3) is 2.34. The quantitative estimate of drug-likeness (QED) is 0.787. The summed E-state index contributed by atoms with van der Waals surface area (Å²) in [5.74, 6) is 0.111. The van der Waals surface area contributed by atoms with Crippen LogP contribution >= 0.6 is 15.9 Å². The largest absolute Gasteiger partial charge is 0.463 e. The van der Waals surface area contributed by atoms with Crippen LogP contribution in [-0.4, -0.2) is 15.9 Å². The molecular formula is C13H8BrN3O2. The van der Waals surface area contributed by atoms with Crippen molar-refractivity contribution in [1.82, 2.24) is 9.97 Å². The van der Waals surface area contributed by atoms with Gasteiger partial charge in [-0.2, -0.15) is 0 Å². The van der Waals surface area contributed by atoms with Gasteiger partial charge in [-0.15, -0.1) is 0 Å². The Hall–Kier alpha value is -2.21. The van der Waals surface area contributed by atoms with Crippen molar-refractivity contribution in [3.05, 3.63) is 53.1 Å². The van der Waals surface area contributed by atoms with Crippen LogP contribution in [0, 0.1) is 0 Å². The number of carbonyl (C=O) groups is 1. The van der Waals surface area contributed by atoms with E-state index in [2.05, 4.69) is 31.2 Å². The van der Waals surface area contributed by atoms with Crippen LogP contribution in [0.3, 0.4) is 0 Å². The molecule has 1 aromatic carbocycles. The maximum absolute atomic E-state index is 12.1. The number of furan rings is 1. The van der Waals surface area contributed by atoms with Gasteiger partial charge in [-0.3, -0.25) is 4.79 Å². The number of fused-ring (bicyclic) bond motifs is 1. The lowest BCUT2D eigenvalue weighted by Gasteiger charge is -2.02. The lowest BCUT2D eigenvalue weighted by Crippen LogP contribution is -2.12. The summed E-state index contributed by atoms with van der Waals surface area (Å²) in [4.78, 5) is 20.2. The topological polar surface area (TPSA) is 68.0 Å². The maximum Gasteiger partial charge on any atom is 0.260 e. The molecule has 0 atom stereocenters. The summed E-state index contributed by atoms with van der Waals surface area (Å²) in [5, 5.41) is 3.44. The first-order valence-electron chi connectivity index (χ1n) is 5.49. The highest BCUT2D eigenvalue weighted by molar-refractivity contribution is 9.10. The Morgan fingerprint density at radius 3 is 2.84 bits per heavy atom. The average molecular weight is 318 g/mol. The van der Waals surface area contributed by atoms with Gasteiger partial charge in [-0.1, -0.05) is 18.2 Å². The number of hydrogen-bond acceptors (Lipinski definition) is 4. The molecule has 6 heteroatoms. The number of anilines is 1. The van der Waals surface area contributed by atoms with E-state index in [9.17, 15) is 4.79 Å². The van der Waals surface area contributed by atoms with Crippen molar-refractivity contribution >= 4 is 38.6 Å². The Morgan fingerprint density at radius 2 is 2.05 bits per heavy atom. The molecule has 0 aliphatic heterocycles. The molecule has 0 aliphatic rings. The summed E-state index contributed by atoms with van der Waals surface area (Å²) in [6.45, 7) is 0. The second-order valence-electron chi connectivity index (χ2n) is 3.82. The number of rotatable bonds is 2. The summed E-state index contributed by atoms with van der Waals surface area (Å²) in [6, 6.07) is 7.36. The lowest BCUT2D eigenvalue weighted by atomic mass is 10.1. The molecule has 2 heterocycles. The van der Waals surface area contributed by atoms with Crippen LogP contribution in [0.1, 0.15) is 10.4 Å². The minimum Gasteiger partial charge on any atom is -0.463 e. The number of aromatic nitrogens is 2. The highest BCUT2D eigenvalue weighted by atomic mass is 79.9. The standard InChI is InChI=1S/C13H8BrN3O2/c14-11-5-16-12(6-15-11)17-13(18)9-7-19-10-4-2-1-3-8(9)10/h1-7H,(H,16,17,18). The van der Waals surface area contributed by atoms with Crippen molar-refractivity contribution < 1.29 is 9.21 Å². The maximum atomic E-state index is 12.1. The Bertz CT molecular complexity index is 737. The zero-order chi connectivity index (χ0) is 13.2. The second-order valence-corrected chi connectivity index (χ2v) is 4.64. The van der Waals surface area contributed by atoms with Crippen LogP contribution in [0.25, 0.3) is 11.0 Å². The van der Waals surface area contributed by atoms with Crippen molar-refractivity contribution in [3.8, 4) is 0 Å². The Balaban J connectivity index is 1.90. The number of amides is 1. The van der Waals surface area contributed by atoms with Crippen LogP contribution in [0.15, 0.2) is 51.9 Å². The van der Waals surface area contributed by atoms with E-state index in [1.54, 1.807) is 0 Å². The van der Waals surface area contributed by atoms with Crippen molar-refractivity contribution in [2.24, 2.45) is 0 Å². The molecule has 94 valence electrons. The molecule has 0 radical (unpaired) electrons. The van der Waals surface area contributed by atoms with Gasteiger partial charge in [0, 0.05) is 5.39 Å². The minimum absolute atomic E-state index is 0.276. The third-order valence-electron chi connectivity index (χ3n) is 2.59. The van der Waals surface area contributed by atoms with Gasteiger partial charge in [0.05, 0.1) is 18.0 Å². The van der Waals surface area contributed by atoms with Crippen LogP contribution < -0.4 is 5.32 Å². The van der Waals surface area contributed by atoms with E-state index in [0.717, 1.165) is 5.39 Å². The molecule has 0 fully saturated rings. The van der Waals surface area contributed by atoms with E-state index in [1.165, 1.54) is 18.7 Å². The predicted octanol–water partition coefficient (Wildman–Crippen LogP) is 3.24. The molecule has 1 amide bonds. The van der Waals surface area contributed by atoms with Gasteiger partial charge in [-0.05, 0) is 22.0 Å². The number of para-hydroxylation sites is 1. The molecule has 5 nitrogen and oxygen atoms in total. The van der Waals surface area contributed by atoms with Crippen molar-refractivity contribution in [2.45, 2.75) is 0 Å². The molecule has 19 heavy (non-hydrogen) atoms. The molecule has 2 aromatic heterocycles. The zero-order valence-corrected chi connectivity index (χ0v) is 11.2. The van der Waals surface area contributed by atoms with E-state index >= 15 is 0 Å². The number of benzene rings is 1. The van der Waals surface area contributed by atoms with Gasteiger partial charge in [0.1, 0.15) is 16.4 Å². The summed E-state index contributed by atoms with van der Waals surface area (Å²) < 4.78 is 5.93. The van der Waals surface area contributed by atoms with E-state index in [0.29, 0.717) is 21.6 Å². The van der Waals surface area contributed by atoms with E-state index in [-0.39, 0.29) is 5.91 Å². The smallest absolute Gasteiger partial charge is 0.260 e. The molecule has 0 bridgehead atoms. The van der Waals surface area contributed by atoms with Gasteiger partial charge in [0.2, 0.25) is 0 Å². The van der Waals surface area contributed by atoms with E-state index < -0.39 is 0 Å². The molecule has 3 aromatic rings. The van der Waals surface area contributed by atoms with E-state index in [4.69, 9.17) is 4.42 Å². The number of nitrogens with zero attached hydrogens (tertiary/aromatic N) is 2. The van der Waals surface area contributed by atoms with Gasteiger partial charge in [0.25, 0.3) is 5.91 Å². The Labute approximate surface area is 116 Å². The highest BCUT2D eigenvalue weighted by Gasteiger charge is 2.13. The first-order valence-corrected chi connectivity index (χ1v) is 6.28. The average Bonchev–Trinajstić information content (AvgIpc) is 2.85. The summed E-state index contributed by atoms with van der Waals surface area (Å²) in [7, 11) is 0.